The van der Waals surface area contributed by atoms with Crippen molar-refractivity contribution < 1.29 is 29.3 Å². The number of nitrogens with zero attached hydrogens (tertiary/aromatic N) is 4. The Hall–Kier alpha value is -4.19. The number of benzene rings is 2. The van der Waals surface area contributed by atoms with Crippen molar-refractivity contribution in [2.75, 3.05) is 6.61 Å². The average Bonchev–Trinajstić information content (AvgIpc) is 3.12. The summed E-state index contributed by atoms with van der Waals surface area (Å²) in [5.74, 6) is -1.82. The van der Waals surface area contributed by atoms with Crippen molar-refractivity contribution in [3.63, 3.8) is 0 Å². The molecular weight excluding hydrogens is 412 g/mol. The van der Waals surface area contributed by atoms with E-state index >= 15 is 0 Å². The fourth-order valence-electron chi connectivity index (χ4n) is 3.06. The standard InChI is InChI=1S/C19H16N4O8/c1-2-31-18(25)16-11-19(26,13-6-4-8-15(10-13)23(29)30)21(20-16)17(24)12-5-3-7-14(9-12)22(27)28/h3-10,26H,2,11H2,1H3/t19-/m0/s1. The lowest BCUT2D eigenvalue weighted by Gasteiger charge is -2.31. The first-order valence-electron chi connectivity index (χ1n) is 8.98. The Kier molecular flexibility index (Phi) is 5.75. The number of nitro groups is 2. The van der Waals surface area contributed by atoms with E-state index in [0.29, 0.717) is 5.01 Å². The number of carbonyl (C=O) groups excluding carboxylic acids is 2. The number of ether oxygens (including phenoxy) is 1. The zero-order valence-electron chi connectivity index (χ0n) is 16.1. The van der Waals surface area contributed by atoms with Crippen molar-refractivity contribution in [1.82, 2.24) is 5.01 Å². The third-order valence-corrected chi connectivity index (χ3v) is 4.51. The van der Waals surface area contributed by atoms with Gasteiger partial charge in [0.1, 0.15) is 0 Å². The molecule has 0 bridgehead atoms. The van der Waals surface area contributed by atoms with Gasteiger partial charge in [0.15, 0.2) is 11.4 Å². The fourth-order valence-corrected chi connectivity index (χ4v) is 3.06. The highest BCUT2D eigenvalue weighted by Gasteiger charge is 2.48. The second kappa shape index (κ2) is 8.28. The minimum atomic E-state index is -2.25. The van der Waals surface area contributed by atoms with Crippen LogP contribution in [0.3, 0.4) is 0 Å². The summed E-state index contributed by atoms with van der Waals surface area (Å²) < 4.78 is 4.88. The molecule has 0 fully saturated rings. The molecule has 1 aliphatic rings. The van der Waals surface area contributed by atoms with Crippen LogP contribution in [0.1, 0.15) is 29.3 Å². The molecule has 1 N–H and O–H groups in total. The quantitative estimate of drug-likeness (QED) is 0.415. The molecule has 0 saturated carbocycles. The van der Waals surface area contributed by atoms with Crippen LogP contribution in [0.2, 0.25) is 0 Å². The maximum Gasteiger partial charge on any atom is 0.354 e. The van der Waals surface area contributed by atoms with Crippen LogP contribution in [0.25, 0.3) is 0 Å². The Morgan fingerprint density at radius 1 is 1.13 bits per heavy atom. The molecule has 160 valence electrons. The van der Waals surface area contributed by atoms with E-state index in [1.54, 1.807) is 6.92 Å². The Balaban J connectivity index is 2.09. The number of hydrogen-bond acceptors (Lipinski definition) is 9. The Morgan fingerprint density at radius 3 is 2.35 bits per heavy atom. The highest BCUT2D eigenvalue weighted by atomic mass is 16.6. The van der Waals surface area contributed by atoms with Gasteiger partial charge in [-0.1, -0.05) is 18.2 Å². The molecule has 2 aromatic carbocycles. The van der Waals surface area contributed by atoms with Crippen LogP contribution in [0, 0.1) is 20.2 Å². The summed E-state index contributed by atoms with van der Waals surface area (Å²) in [6.45, 7) is 1.58. The Labute approximate surface area is 174 Å². The van der Waals surface area contributed by atoms with Crippen LogP contribution in [-0.4, -0.2) is 44.2 Å². The Morgan fingerprint density at radius 2 is 1.74 bits per heavy atom. The third-order valence-electron chi connectivity index (χ3n) is 4.51. The lowest BCUT2D eigenvalue weighted by molar-refractivity contribution is -0.385. The summed E-state index contributed by atoms with van der Waals surface area (Å²) in [7, 11) is 0. The lowest BCUT2D eigenvalue weighted by atomic mass is 9.96. The van der Waals surface area contributed by atoms with E-state index in [9.17, 15) is 34.9 Å². The van der Waals surface area contributed by atoms with Gasteiger partial charge in [0, 0.05) is 35.4 Å². The number of nitro benzene ring substituents is 2. The molecule has 0 aliphatic carbocycles. The van der Waals surface area contributed by atoms with Crippen molar-refractivity contribution >= 4 is 29.0 Å². The maximum absolute atomic E-state index is 13.1. The Bertz CT molecular complexity index is 1120. The average molecular weight is 428 g/mol. The number of carbonyl (C=O) groups is 2. The number of esters is 1. The van der Waals surface area contributed by atoms with Gasteiger partial charge in [-0.05, 0) is 13.0 Å². The van der Waals surface area contributed by atoms with Gasteiger partial charge >= 0.3 is 5.97 Å². The molecule has 31 heavy (non-hydrogen) atoms. The number of non-ortho nitro benzene ring substituents is 2. The molecule has 0 radical (unpaired) electrons. The third kappa shape index (κ3) is 4.09. The second-order valence-corrected chi connectivity index (χ2v) is 6.49. The largest absolute Gasteiger partial charge is 0.461 e. The summed E-state index contributed by atoms with van der Waals surface area (Å²) in [6.07, 6.45) is -0.492. The van der Waals surface area contributed by atoms with Crippen LogP contribution in [-0.2, 0) is 15.3 Å². The van der Waals surface area contributed by atoms with Gasteiger partial charge in [0.05, 0.1) is 22.9 Å². The molecule has 0 spiro atoms. The zero-order valence-corrected chi connectivity index (χ0v) is 16.1. The van der Waals surface area contributed by atoms with Gasteiger partial charge in [0.2, 0.25) is 0 Å². The maximum atomic E-state index is 13.1. The van der Waals surface area contributed by atoms with Crippen molar-refractivity contribution in [3.05, 3.63) is 79.9 Å². The first kappa shape index (κ1) is 21.5. The predicted octanol–water partition coefficient (Wildman–Crippen LogP) is 2.11. The van der Waals surface area contributed by atoms with E-state index in [-0.39, 0.29) is 34.8 Å². The van der Waals surface area contributed by atoms with E-state index < -0.39 is 33.9 Å². The molecule has 0 unspecified atom stereocenters. The highest BCUT2D eigenvalue weighted by Crippen LogP contribution is 2.38. The number of amides is 1. The van der Waals surface area contributed by atoms with Crippen molar-refractivity contribution in [2.45, 2.75) is 19.1 Å². The van der Waals surface area contributed by atoms with Gasteiger partial charge < -0.3 is 9.84 Å². The molecule has 1 atom stereocenters. The summed E-state index contributed by atoms with van der Waals surface area (Å²) >= 11 is 0. The van der Waals surface area contributed by atoms with E-state index in [0.717, 1.165) is 12.1 Å². The van der Waals surface area contributed by atoms with Crippen LogP contribution >= 0.6 is 0 Å². The van der Waals surface area contributed by atoms with E-state index in [1.165, 1.54) is 36.4 Å². The van der Waals surface area contributed by atoms with Gasteiger partial charge in [-0.2, -0.15) is 10.1 Å². The minimum Gasteiger partial charge on any atom is -0.461 e. The van der Waals surface area contributed by atoms with Crippen molar-refractivity contribution in [3.8, 4) is 0 Å². The fraction of sp³-hybridized carbons (Fsp3) is 0.211. The number of hydrazone groups is 1. The molecule has 1 amide bonds. The number of aliphatic hydroxyl groups is 1. The molecule has 1 aliphatic heterocycles. The van der Waals surface area contributed by atoms with Gasteiger partial charge in [-0.15, -0.1) is 0 Å². The number of rotatable bonds is 6. The molecule has 3 rings (SSSR count). The van der Waals surface area contributed by atoms with Crippen molar-refractivity contribution in [2.24, 2.45) is 5.10 Å². The first-order valence-corrected chi connectivity index (χ1v) is 8.98. The first-order chi connectivity index (χ1) is 14.7. The predicted molar refractivity (Wildman–Crippen MR) is 105 cm³/mol. The van der Waals surface area contributed by atoms with Crippen LogP contribution in [0.4, 0.5) is 11.4 Å². The molecule has 0 saturated heterocycles. The molecule has 12 nitrogen and oxygen atoms in total. The highest BCUT2D eigenvalue weighted by molar-refractivity contribution is 6.37. The molecule has 1 heterocycles. The van der Waals surface area contributed by atoms with Crippen LogP contribution in [0.15, 0.2) is 53.6 Å². The van der Waals surface area contributed by atoms with E-state index in [1.807, 2.05) is 0 Å². The summed E-state index contributed by atoms with van der Waals surface area (Å²) in [5.41, 5.74) is -3.49. The smallest absolute Gasteiger partial charge is 0.354 e. The minimum absolute atomic E-state index is 0.0198. The summed E-state index contributed by atoms with van der Waals surface area (Å²) in [4.78, 5) is 46.1. The van der Waals surface area contributed by atoms with E-state index in [2.05, 4.69) is 5.10 Å². The van der Waals surface area contributed by atoms with Crippen molar-refractivity contribution in [1.29, 1.82) is 0 Å². The van der Waals surface area contributed by atoms with E-state index in [4.69, 9.17) is 4.74 Å². The number of hydrogen-bond donors (Lipinski definition) is 1. The summed E-state index contributed by atoms with van der Waals surface area (Å²) in [5, 5.41) is 38.0. The monoisotopic (exact) mass is 428 g/mol. The van der Waals surface area contributed by atoms with Gasteiger partial charge in [-0.25, -0.2) is 4.79 Å². The summed E-state index contributed by atoms with van der Waals surface area (Å²) in [6, 6.07) is 9.63. The van der Waals surface area contributed by atoms with Crippen LogP contribution in [0.5, 0.6) is 0 Å². The topological polar surface area (TPSA) is 165 Å². The molecule has 12 heteroatoms. The van der Waals surface area contributed by atoms with Gasteiger partial charge in [0.25, 0.3) is 17.3 Å². The second-order valence-electron chi connectivity index (χ2n) is 6.49. The zero-order chi connectivity index (χ0) is 22.8. The molecule has 2 aromatic rings. The SMILES string of the molecule is CCOC(=O)C1=NN(C(=O)c2cccc([N+](=O)[O-])c2)[C@@](O)(c2cccc([N+](=O)[O-])c2)C1. The molecule has 0 aromatic heterocycles. The normalized spacial score (nSPS) is 17.7. The molecular formula is C19H16N4O8. The lowest BCUT2D eigenvalue weighted by Crippen LogP contribution is -2.43. The van der Waals surface area contributed by atoms with Crippen LogP contribution < -0.4 is 0 Å². The van der Waals surface area contributed by atoms with Gasteiger partial charge in [-0.3, -0.25) is 25.0 Å².